The third-order valence-electron chi connectivity index (χ3n) is 9.89. The van der Waals surface area contributed by atoms with Crippen LogP contribution >= 0.6 is 0 Å². The predicted octanol–water partition coefficient (Wildman–Crippen LogP) is 7.22. The minimum atomic E-state index is -0.794. The largest absolute Gasteiger partial charge is 0.359 e. The molecule has 0 spiro atoms. The van der Waals surface area contributed by atoms with Crippen LogP contribution in [0.1, 0.15) is 117 Å². The average molecular weight is 684 g/mol. The Balaban J connectivity index is 1.71. The number of nitrogens with zero attached hydrogens (tertiary/aromatic N) is 2. The first kappa shape index (κ1) is 38.4. The smallest absolute Gasteiger partial charge is 0.253 e. The standard InChI is InChI=1S/C39H55F2N3O5/c1-6-15-43(16-7-2)39(47)31-18-26(3)17-30(23-31)38(46)42-34(21-29-19-32(40)24-33(41)20-29)37(49-25-48-5)35-14-10-11-27(4)44(35)36(45)22-28-12-8-9-13-28/h17-20,23-24,27-28,34-35,37H,6-16,21-22,25H2,1-5H3,(H,42,46)/t27-,34-,35+,37-/m0/s1. The van der Waals surface area contributed by atoms with Crippen LogP contribution in [0.15, 0.2) is 36.4 Å². The molecule has 0 bridgehead atoms. The fraction of sp³-hybridized carbons (Fsp3) is 0.615. The van der Waals surface area contributed by atoms with E-state index in [1.54, 1.807) is 23.1 Å². The van der Waals surface area contributed by atoms with Crippen LogP contribution in [-0.2, 0) is 20.7 Å². The molecule has 270 valence electrons. The molecule has 1 heterocycles. The Morgan fingerprint density at radius 1 is 0.918 bits per heavy atom. The zero-order chi connectivity index (χ0) is 35.5. The highest BCUT2D eigenvalue weighted by Gasteiger charge is 2.42. The van der Waals surface area contributed by atoms with Crippen LogP contribution < -0.4 is 5.32 Å². The molecular weight excluding hydrogens is 628 g/mol. The van der Waals surface area contributed by atoms with Crippen molar-refractivity contribution < 1.29 is 32.6 Å². The van der Waals surface area contributed by atoms with E-state index in [4.69, 9.17) is 9.47 Å². The molecule has 0 unspecified atom stereocenters. The molecule has 2 aliphatic rings. The van der Waals surface area contributed by atoms with Gasteiger partial charge in [0.05, 0.1) is 12.1 Å². The predicted molar refractivity (Wildman–Crippen MR) is 186 cm³/mol. The molecule has 1 aliphatic carbocycles. The topological polar surface area (TPSA) is 88.2 Å². The molecule has 8 nitrogen and oxygen atoms in total. The van der Waals surface area contributed by atoms with E-state index < -0.39 is 35.7 Å². The van der Waals surface area contributed by atoms with E-state index >= 15 is 0 Å². The van der Waals surface area contributed by atoms with Gasteiger partial charge in [-0.2, -0.15) is 0 Å². The van der Waals surface area contributed by atoms with Crippen LogP contribution in [0.5, 0.6) is 0 Å². The second kappa shape index (κ2) is 18.6. The van der Waals surface area contributed by atoms with Crippen LogP contribution in [0.25, 0.3) is 0 Å². The van der Waals surface area contributed by atoms with Crippen molar-refractivity contribution in [1.29, 1.82) is 0 Å². The number of nitrogens with one attached hydrogen (secondary N) is 1. The van der Waals surface area contributed by atoms with Crippen molar-refractivity contribution in [2.75, 3.05) is 27.0 Å². The third-order valence-corrected chi connectivity index (χ3v) is 9.89. The SMILES string of the molecule is CCCN(CCC)C(=O)c1cc(C)cc(C(=O)N[C@@H](Cc2cc(F)cc(F)c2)[C@H](OCOC)[C@H]2CCC[C@H](C)N2C(=O)CC2CCCC2)c1. The van der Waals surface area contributed by atoms with Crippen molar-refractivity contribution in [3.05, 3.63) is 70.3 Å². The van der Waals surface area contributed by atoms with Gasteiger partial charge in [-0.05, 0) is 113 Å². The van der Waals surface area contributed by atoms with Gasteiger partial charge in [0, 0.05) is 49.9 Å². The monoisotopic (exact) mass is 683 g/mol. The van der Waals surface area contributed by atoms with Gasteiger partial charge in [-0.15, -0.1) is 0 Å². The van der Waals surface area contributed by atoms with Gasteiger partial charge < -0.3 is 24.6 Å². The molecule has 4 rings (SSSR count). The highest BCUT2D eigenvalue weighted by atomic mass is 19.1. The van der Waals surface area contributed by atoms with Crippen molar-refractivity contribution in [3.63, 3.8) is 0 Å². The molecule has 49 heavy (non-hydrogen) atoms. The first-order valence-electron chi connectivity index (χ1n) is 18.1. The summed E-state index contributed by atoms with van der Waals surface area (Å²) in [5, 5.41) is 3.12. The Hall–Kier alpha value is -3.37. The van der Waals surface area contributed by atoms with E-state index in [9.17, 15) is 23.2 Å². The molecule has 2 fully saturated rings. The number of benzene rings is 2. The van der Waals surface area contributed by atoms with Crippen molar-refractivity contribution in [2.45, 2.75) is 123 Å². The van der Waals surface area contributed by atoms with E-state index in [1.165, 1.54) is 19.2 Å². The van der Waals surface area contributed by atoms with E-state index in [-0.39, 0.29) is 31.1 Å². The Bertz CT molecular complexity index is 1390. The minimum Gasteiger partial charge on any atom is -0.359 e. The van der Waals surface area contributed by atoms with Crippen LogP contribution in [-0.4, -0.2) is 78.7 Å². The van der Waals surface area contributed by atoms with Crippen LogP contribution in [0, 0.1) is 24.5 Å². The molecule has 4 atom stereocenters. The number of likely N-dealkylation sites (tertiary alicyclic amines) is 1. The number of amides is 3. The van der Waals surface area contributed by atoms with Crippen LogP contribution in [0.2, 0.25) is 0 Å². The van der Waals surface area contributed by atoms with Gasteiger partial charge in [-0.25, -0.2) is 8.78 Å². The molecule has 1 saturated heterocycles. The molecule has 1 N–H and O–H groups in total. The molecule has 2 aromatic rings. The minimum absolute atomic E-state index is 0.0382. The number of carbonyl (C=O) groups excluding carboxylic acids is 3. The van der Waals surface area contributed by atoms with Gasteiger partial charge >= 0.3 is 0 Å². The molecular formula is C39H55F2N3O5. The first-order valence-corrected chi connectivity index (χ1v) is 18.1. The number of halogens is 2. The van der Waals surface area contributed by atoms with Crippen molar-refractivity contribution in [2.24, 2.45) is 5.92 Å². The summed E-state index contributed by atoms with van der Waals surface area (Å²) in [6.45, 7) is 9.06. The van der Waals surface area contributed by atoms with Crippen LogP contribution in [0.4, 0.5) is 8.78 Å². The second-order valence-electron chi connectivity index (χ2n) is 14.0. The lowest BCUT2D eigenvalue weighted by atomic mass is 9.86. The van der Waals surface area contributed by atoms with Gasteiger partial charge in [0.2, 0.25) is 5.91 Å². The van der Waals surface area contributed by atoms with Gasteiger partial charge in [0.25, 0.3) is 11.8 Å². The van der Waals surface area contributed by atoms with E-state index in [2.05, 4.69) is 5.32 Å². The maximum absolute atomic E-state index is 14.4. The molecule has 0 radical (unpaired) electrons. The Morgan fingerprint density at radius 2 is 1.57 bits per heavy atom. The lowest BCUT2D eigenvalue weighted by molar-refractivity contribution is -0.153. The van der Waals surface area contributed by atoms with Crippen molar-refractivity contribution in [1.82, 2.24) is 15.1 Å². The number of methoxy groups -OCH3 is 1. The fourth-order valence-electron chi connectivity index (χ4n) is 7.75. The van der Waals surface area contributed by atoms with Gasteiger partial charge in [0.1, 0.15) is 24.5 Å². The molecule has 10 heteroatoms. The summed E-state index contributed by atoms with van der Waals surface area (Å²) in [6.07, 6.45) is 8.11. The molecule has 3 amide bonds. The Morgan fingerprint density at radius 3 is 2.20 bits per heavy atom. The summed E-state index contributed by atoms with van der Waals surface area (Å²) in [5.74, 6) is -1.60. The van der Waals surface area contributed by atoms with Crippen molar-refractivity contribution in [3.8, 4) is 0 Å². The van der Waals surface area contributed by atoms with Gasteiger partial charge in [-0.1, -0.05) is 26.7 Å². The summed E-state index contributed by atoms with van der Waals surface area (Å²) >= 11 is 0. The quantitative estimate of drug-likeness (QED) is 0.189. The Labute approximate surface area is 290 Å². The molecule has 2 aromatic carbocycles. The third kappa shape index (κ3) is 10.6. The Kier molecular flexibility index (Phi) is 14.6. The van der Waals surface area contributed by atoms with E-state index in [0.717, 1.165) is 63.0 Å². The lowest BCUT2D eigenvalue weighted by Gasteiger charge is -2.46. The van der Waals surface area contributed by atoms with Crippen LogP contribution in [0.3, 0.4) is 0 Å². The van der Waals surface area contributed by atoms with E-state index in [0.29, 0.717) is 48.5 Å². The van der Waals surface area contributed by atoms with Gasteiger partial charge in [-0.3, -0.25) is 14.4 Å². The summed E-state index contributed by atoms with van der Waals surface area (Å²) < 4.78 is 40.6. The fourth-order valence-corrected chi connectivity index (χ4v) is 7.75. The number of aryl methyl sites for hydroxylation is 1. The van der Waals surface area contributed by atoms with E-state index in [1.807, 2.05) is 32.6 Å². The maximum Gasteiger partial charge on any atom is 0.253 e. The molecule has 0 aromatic heterocycles. The normalized spacial score (nSPS) is 19.4. The van der Waals surface area contributed by atoms with Crippen molar-refractivity contribution >= 4 is 17.7 Å². The van der Waals surface area contributed by atoms with Gasteiger partial charge in [0.15, 0.2) is 0 Å². The summed E-state index contributed by atoms with van der Waals surface area (Å²) in [5.41, 5.74) is 1.82. The lowest BCUT2D eigenvalue weighted by Crippen LogP contribution is -2.61. The number of carbonyl (C=O) groups is 3. The number of rotatable bonds is 16. The second-order valence-corrected chi connectivity index (χ2v) is 14.0. The molecule has 1 saturated carbocycles. The zero-order valence-electron chi connectivity index (χ0n) is 29.9. The molecule has 1 aliphatic heterocycles. The summed E-state index contributed by atoms with van der Waals surface area (Å²) in [6, 6.07) is 7.19. The number of hydrogen-bond donors (Lipinski definition) is 1. The zero-order valence-corrected chi connectivity index (χ0v) is 29.9. The number of hydrogen-bond acceptors (Lipinski definition) is 5. The highest BCUT2D eigenvalue weighted by molar-refractivity contribution is 6.00. The maximum atomic E-state index is 14.4. The summed E-state index contributed by atoms with van der Waals surface area (Å²) in [4.78, 5) is 45.4. The average Bonchev–Trinajstić information content (AvgIpc) is 3.56. The summed E-state index contributed by atoms with van der Waals surface area (Å²) in [7, 11) is 1.50. The first-order chi connectivity index (χ1) is 23.5. The highest BCUT2D eigenvalue weighted by Crippen LogP contribution is 2.33. The number of ether oxygens (including phenoxy) is 2. The number of piperidine rings is 1.